The summed E-state index contributed by atoms with van der Waals surface area (Å²) in [6.07, 6.45) is 2.39. The summed E-state index contributed by atoms with van der Waals surface area (Å²) in [5.41, 5.74) is 1.46. The average Bonchev–Trinajstić information content (AvgIpc) is 3.22. The number of nitrogens with one attached hydrogen (secondary N) is 2. The molecule has 2 unspecified atom stereocenters. The lowest BCUT2D eigenvalue weighted by atomic mass is 10.1. The topological polar surface area (TPSA) is 62.0 Å². The normalized spacial score (nSPS) is 20.4. The summed E-state index contributed by atoms with van der Waals surface area (Å²) in [7, 11) is 0. The zero-order chi connectivity index (χ0) is 14.1. The van der Waals surface area contributed by atoms with Crippen LogP contribution in [-0.4, -0.2) is 16.9 Å². The first-order valence-corrected chi connectivity index (χ1v) is 7.18. The van der Waals surface area contributed by atoms with Crippen LogP contribution in [0.5, 0.6) is 0 Å². The Bertz CT molecular complexity index is 697. The van der Waals surface area contributed by atoms with Crippen molar-refractivity contribution in [2.45, 2.75) is 18.4 Å². The number of aromatic amines is 1. The van der Waals surface area contributed by atoms with Crippen molar-refractivity contribution in [3.63, 3.8) is 0 Å². The van der Waals surface area contributed by atoms with E-state index in [-0.39, 0.29) is 17.5 Å². The molecule has 102 valence electrons. The van der Waals surface area contributed by atoms with E-state index in [0.29, 0.717) is 16.0 Å². The van der Waals surface area contributed by atoms with Gasteiger partial charge in [-0.25, -0.2) is 0 Å². The van der Waals surface area contributed by atoms with Crippen molar-refractivity contribution >= 4 is 21.8 Å². The highest BCUT2D eigenvalue weighted by molar-refractivity contribution is 9.10. The minimum Gasteiger partial charge on any atom is -0.349 e. The number of carbonyl (C=O) groups is 1. The summed E-state index contributed by atoms with van der Waals surface area (Å²) in [4.78, 5) is 25.8. The van der Waals surface area contributed by atoms with E-state index in [9.17, 15) is 9.59 Å². The molecule has 3 rings (SSSR count). The van der Waals surface area contributed by atoms with Gasteiger partial charge in [-0.05, 0) is 34.0 Å². The number of rotatable bonds is 3. The Morgan fingerprint density at radius 1 is 1.30 bits per heavy atom. The molecule has 1 aliphatic carbocycles. The van der Waals surface area contributed by atoms with Gasteiger partial charge < -0.3 is 10.3 Å². The van der Waals surface area contributed by atoms with Gasteiger partial charge in [-0.2, -0.15) is 0 Å². The third kappa shape index (κ3) is 2.67. The molecule has 1 aliphatic rings. The van der Waals surface area contributed by atoms with Gasteiger partial charge in [-0.1, -0.05) is 30.3 Å². The van der Waals surface area contributed by atoms with Crippen LogP contribution in [0.1, 0.15) is 28.3 Å². The molecule has 5 heteroatoms. The fourth-order valence-electron chi connectivity index (χ4n) is 2.26. The zero-order valence-corrected chi connectivity index (χ0v) is 12.2. The maximum Gasteiger partial charge on any atom is 0.262 e. The van der Waals surface area contributed by atoms with Gasteiger partial charge in [-0.15, -0.1) is 0 Å². The van der Waals surface area contributed by atoms with Gasteiger partial charge in [-0.3, -0.25) is 9.59 Å². The van der Waals surface area contributed by atoms with Crippen LogP contribution in [0.25, 0.3) is 0 Å². The number of hydrogen-bond acceptors (Lipinski definition) is 2. The van der Waals surface area contributed by atoms with Crippen molar-refractivity contribution in [1.82, 2.24) is 10.3 Å². The highest BCUT2D eigenvalue weighted by Crippen LogP contribution is 2.40. The molecule has 1 amide bonds. The highest BCUT2D eigenvalue weighted by atomic mass is 79.9. The van der Waals surface area contributed by atoms with E-state index in [0.717, 1.165) is 6.42 Å². The summed E-state index contributed by atoms with van der Waals surface area (Å²) >= 11 is 3.12. The van der Waals surface area contributed by atoms with Gasteiger partial charge in [0.15, 0.2) is 0 Å². The van der Waals surface area contributed by atoms with E-state index in [1.54, 1.807) is 0 Å². The molecule has 1 aromatic heterocycles. The van der Waals surface area contributed by atoms with Crippen molar-refractivity contribution in [1.29, 1.82) is 0 Å². The Morgan fingerprint density at radius 3 is 2.75 bits per heavy atom. The van der Waals surface area contributed by atoms with Crippen molar-refractivity contribution in [3.8, 4) is 0 Å². The molecular formula is C15H13BrN2O2. The molecule has 0 radical (unpaired) electrons. The van der Waals surface area contributed by atoms with Crippen molar-refractivity contribution in [2.75, 3.05) is 0 Å². The minimum absolute atomic E-state index is 0.162. The van der Waals surface area contributed by atoms with Crippen LogP contribution in [-0.2, 0) is 0 Å². The number of halogens is 1. The average molecular weight is 333 g/mol. The zero-order valence-electron chi connectivity index (χ0n) is 10.6. The standard InChI is InChI=1S/C15H13BrN2O2/c16-12-6-10(8-17-15(12)20)14(19)18-13-7-11(13)9-4-2-1-3-5-9/h1-6,8,11,13H,7H2,(H,17,20)(H,18,19). The smallest absolute Gasteiger partial charge is 0.262 e. The van der Waals surface area contributed by atoms with E-state index in [1.807, 2.05) is 18.2 Å². The van der Waals surface area contributed by atoms with Crippen LogP contribution >= 0.6 is 15.9 Å². The first kappa shape index (κ1) is 13.1. The van der Waals surface area contributed by atoms with Crippen molar-refractivity contribution < 1.29 is 4.79 Å². The minimum atomic E-state index is -0.241. The molecule has 1 heterocycles. The second kappa shape index (κ2) is 5.25. The third-order valence-electron chi connectivity index (χ3n) is 3.45. The summed E-state index contributed by atoms with van der Waals surface area (Å²) in [6.45, 7) is 0. The van der Waals surface area contributed by atoms with E-state index in [1.165, 1.54) is 17.8 Å². The van der Waals surface area contributed by atoms with Crippen LogP contribution in [0.4, 0.5) is 0 Å². The van der Waals surface area contributed by atoms with Crippen molar-refractivity contribution in [2.24, 2.45) is 0 Å². The number of carbonyl (C=O) groups excluding carboxylic acids is 1. The van der Waals surface area contributed by atoms with E-state index < -0.39 is 0 Å². The molecule has 1 fully saturated rings. The summed E-state index contributed by atoms with van der Waals surface area (Å²) in [6, 6.07) is 11.9. The SMILES string of the molecule is O=C(NC1CC1c1ccccc1)c1c[nH]c(=O)c(Br)c1. The molecule has 1 aromatic carbocycles. The maximum absolute atomic E-state index is 12.1. The van der Waals surface area contributed by atoms with Crippen LogP contribution in [0.3, 0.4) is 0 Å². The summed E-state index contributed by atoms with van der Waals surface area (Å²) in [5.74, 6) is 0.233. The second-order valence-electron chi connectivity index (χ2n) is 4.90. The number of pyridine rings is 1. The number of hydrogen-bond donors (Lipinski definition) is 2. The summed E-state index contributed by atoms with van der Waals surface area (Å²) < 4.78 is 0.362. The largest absolute Gasteiger partial charge is 0.349 e. The molecule has 4 nitrogen and oxygen atoms in total. The Kier molecular flexibility index (Phi) is 3.44. The van der Waals surface area contributed by atoms with E-state index in [2.05, 4.69) is 38.4 Å². The molecule has 0 bridgehead atoms. The first-order valence-electron chi connectivity index (χ1n) is 6.39. The van der Waals surface area contributed by atoms with Gasteiger partial charge >= 0.3 is 0 Å². The fraction of sp³-hybridized carbons (Fsp3) is 0.200. The number of H-pyrrole nitrogens is 1. The molecule has 2 atom stereocenters. The van der Waals surface area contributed by atoms with E-state index in [4.69, 9.17) is 0 Å². The number of aromatic nitrogens is 1. The van der Waals surface area contributed by atoms with Gasteiger partial charge in [0.2, 0.25) is 0 Å². The fourth-order valence-corrected chi connectivity index (χ4v) is 2.62. The van der Waals surface area contributed by atoms with Gasteiger partial charge in [0.25, 0.3) is 11.5 Å². The number of benzene rings is 1. The first-order chi connectivity index (χ1) is 9.65. The van der Waals surface area contributed by atoms with Gasteiger partial charge in [0.05, 0.1) is 10.0 Å². The molecular weight excluding hydrogens is 320 g/mol. The lowest BCUT2D eigenvalue weighted by molar-refractivity contribution is 0.0950. The lowest BCUT2D eigenvalue weighted by Crippen LogP contribution is -2.27. The second-order valence-corrected chi connectivity index (χ2v) is 5.75. The maximum atomic E-state index is 12.1. The summed E-state index contributed by atoms with van der Waals surface area (Å²) in [5, 5.41) is 2.98. The predicted octanol–water partition coefficient (Wildman–Crippen LogP) is 2.42. The van der Waals surface area contributed by atoms with Gasteiger partial charge in [0.1, 0.15) is 0 Å². The molecule has 2 N–H and O–H groups in total. The van der Waals surface area contributed by atoms with E-state index >= 15 is 0 Å². The van der Waals surface area contributed by atoms with Gasteiger partial charge in [0, 0.05) is 18.2 Å². The third-order valence-corrected chi connectivity index (χ3v) is 4.04. The molecule has 20 heavy (non-hydrogen) atoms. The molecule has 0 saturated heterocycles. The quantitative estimate of drug-likeness (QED) is 0.906. The number of amides is 1. The molecule has 1 saturated carbocycles. The van der Waals surface area contributed by atoms with Crippen LogP contribution < -0.4 is 10.9 Å². The van der Waals surface area contributed by atoms with Crippen molar-refractivity contribution in [3.05, 3.63) is 68.5 Å². The predicted molar refractivity (Wildman–Crippen MR) is 79.8 cm³/mol. The van der Waals surface area contributed by atoms with Crippen LogP contribution in [0.2, 0.25) is 0 Å². The monoisotopic (exact) mass is 332 g/mol. The lowest BCUT2D eigenvalue weighted by Gasteiger charge is -2.05. The Labute approximate surface area is 124 Å². The highest BCUT2D eigenvalue weighted by Gasteiger charge is 2.39. The molecule has 0 aliphatic heterocycles. The Balaban J connectivity index is 1.66. The molecule has 0 spiro atoms. The van der Waals surface area contributed by atoms with Crippen LogP contribution in [0.15, 0.2) is 51.9 Å². The molecule has 2 aromatic rings. The Hall–Kier alpha value is -1.88. The van der Waals surface area contributed by atoms with Crippen LogP contribution in [0, 0.1) is 0 Å². The Morgan fingerprint density at radius 2 is 2.05 bits per heavy atom.